The zero-order valence-electron chi connectivity index (χ0n) is 9.90. The second-order valence-electron chi connectivity index (χ2n) is 4.80. The summed E-state index contributed by atoms with van der Waals surface area (Å²) in [5, 5.41) is 3.18. The number of halogens is 1. The highest BCUT2D eigenvalue weighted by Gasteiger charge is 2.14. The van der Waals surface area contributed by atoms with Crippen LogP contribution < -0.4 is 5.73 Å². The molecular formula is C13H15BrN2S. The quantitative estimate of drug-likeness (QED) is 0.935. The van der Waals surface area contributed by atoms with Gasteiger partial charge in [-0.2, -0.15) is 0 Å². The van der Waals surface area contributed by atoms with Gasteiger partial charge in [-0.15, -0.1) is 11.3 Å². The molecule has 2 rings (SSSR count). The van der Waals surface area contributed by atoms with Gasteiger partial charge in [0.15, 0.2) is 0 Å². The van der Waals surface area contributed by atoms with Crippen molar-refractivity contribution < 1.29 is 0 Å². The molecule has 0 atom stereocenters. The van der Waals surface area contributed by atoms with Crippen molar-refractivity contribution in [1.82, 2.24) is 4.98 Å². The topological polar surface area (TPSA) is 38.9 Å². The first-order chi connectivity index (χ1) is 7.94. The summed E-state index contributed by atoms with van der Waals surface area (Å²) in [6.07, 6.45) is 0.811. The molecule has 0 saturated carbocycles. The maximum atomic E-state index is 6.00. The molecule has 17 heavy (non-hydrogen) atoms. The van der Waals surface area contributed by atoms with Crippen LogP contribution in [-0.4, -0.2) is 10.5 Å². The molecule has 0 radical (unpaired) electrons. The fourth-order valence-electron chi connectivity index (χ4n) is 1.56. The summed E-state index contributed by atoms with van der Waals surface area (Å²) in [5.41, 5.74) is 7.96. The van der Waals surface area contributed by atoms with E-state index in [9.17, 15) is 0 Å². The fraction of sp³-hybridized carbons (Fsp3) is 0.308. The van der Waals surface area contributed by atoms with E-state index in [0.717, 1.165) is 27.2 Å². The number of nitrogens with zero attached hydrogens (tertiary/aromatic N) is 1. The van der Waals surface area contributed by atoms with E-state index in [-0.39, 0.29) is 5.54 Å². The number of hydrogen-bond donors (Lipinski definition) is 1. The summed E-state index contributed by atoms with van der Waals surface area (Å²) in [5.74, 6) is 0. The third-order valence-corrected chi connectivity index (χ3v) is 3.62. The van der Waals surface area contributed by atoms with E-state index in [1.165, 1.54) is 0 Å². The minimum Gasteiger partial charge on any atom is -0.325 e. The second-order valence-corrected chi connectivity index (χ2v) is 6.66. The molecule has 4 heteroatoms. The molecule has 0 spiro atoms. The Bertz CT molecular complexity index is 514. The smallest absolute Gasteiger partial charge is 0.0950 e. The molecule has 0 amide bonds. The Hall–Kier alpha value is -0.710. The predicted octanol–water partition coefficient (Wildman–Crippen LogP) is 3.85. The van der Waals surface area contributed by atoms with E-state index in [2.05, 4.69) is 38.4 Å². The predicted molar refractivity (Wildman–Crippen MR) is 77.2 cm³/mol. The summed E-state index contributed by atoms with van der Waals surface area (Å²) in [6.45, 7) is 4.04. The lowest BCUT2D eigenvalue weighted by molar-refractivity contribution is 0.515. The lowest BCUT2D eigenvalue weighted by Crippen LogP contribution is -2.34. The molecule has 2 N–H and O–H groups in total. The maximum Gasteiger partial charge on any atom is 0.0950 e. The minimum absolute atomic E-state index is 0.202. The van der Waals surface area contributed by atoms with Crippen molar-refractivity contribution in [3.63, 3.8) is 0 Å². The van der Waals surface area contributed by atoms with Crippen molar-refractivity contribution in [2.45, 2.75) is 25.8 Å². The Morgan fingerprint density at radius 2 is 2.18 bits per heavy atom. The number of aromatic nitrogens is 1. The van der Waals surface area contributed by atoms with Crippen LogP contribution in [0.15, 0.2) is 34.1 Å². The largest absolute Gasteiger partial charge is 0.325 e. The maximum absolute atomic E-state index is 6.00. The van der Waals surface area contributed by atoms with Crippen LogP contribution in [0.25, 0.3) is 11.3 Å². The Morgan fingerprint density at radius 1 is 1.41 bits per heavy atom. The first kappa shape index (κ1) is 12.7. The molecule has 1 heterocycles. The third kappa shape index (κ3) is 3.63. The van der Waals surface area contributed by atoms with Crippen LogP contribution >= 0.6 is 27.3 Å². The molecule has 90 valence electrons. The van der Waals surface area contributed by atoms with Crippen LogP contribution in [0, 0.1) is 0 Å². The Kier molecular flexibility index (Phi) is 3.66. The highest BCUT2D eigenvalue weighted by atomic mass is 79.9. The van der Waals surface area contributed by atoms with Crippen molar-refractivity contribution in [3.05, 3.63) is 39.1 Å². The molecule has 2 nitrogen and oxygen atoms in total. The first-order valence-electron chi connectivity index (χ1n) is 5.43. The molecule has 0 unspecified atom stereocenters. The Balaban J connectivity index is 2.24. The minimum atomic E-state index is -0.202. The highest BCUT2D eigenvalue weighted by Crippen LogP contribution is 2.25. The van der Waals surface area contributed by atoms with Gasteiger partial charge >= 0.3 is 0 Å². The zero-order chi connectivity index (χ0) is 12.5. The first-order valence-corrected chi connectivity index (χ1v) is 7.10. The van der Waals surface area contributed by atoms with Gasteiger partial charge in [0.25, 0.3) is 0 Å². The van der Waals surface area contributed by atoms with Crippen molar-refractivity contribution >= 4 is 27.3 Å². The van der Waals surface area contributed by atoms with Gasteiger partial charge in [0, 0.05) is 27.4 Å². The van der Waals surface area contributed by atoms with Crippen molar-refractivity contribution in [2.24, 2.45) is 5.73 Å². The molecule has 0 aliphatic carbocycles. The van der Waals surface area contributed by atoms with Gasteiger partial charge < -0.3 is 5.73 Å². The normalized spacial score (nSPS) is 11.8. The second kappa shape index (κ2) is 4.88. The molecule has 0 saturated heterocycles. The monoisotopic (exact) mass is 310 g/mol. The van der Waals surface area contributed by atoms with Gasteiger partial charge in [0.05, 0.1) is 10.7 Å². The molecule has 0 bridgehead atoms. The zero-order valence-corrected chi connectivity index (χ0v) is 12.3. The number of thiazole rings is 1. The fourth-order valence-corrected chi connectivity index (χ4v) is 3.00. The molecule has 1 aromatic heterocycles. The van der Waals surface area contributed by atoms with Crippen molar-refractivity contribution in [2.75, 3.05) is 0 Å². The van der Waals surface area contributed by atoms with Gasteiger partial charge in [-0.25, -0.2) is 4.98 Å². The molecule has 0 fully saturated rings. The van der Waals surface area contributed by atoms with Gasteiger partial charge in [0.2, 0.25) is 0 Å². The highest BCUT2D eigenvalue weighted by molar-refractivity contribution is 9.10. The van der Waals surface area contributed by atoms with Crippen molar-refractivity contribution in [1.29, 1.82) is 0 Å². The summed E-state index contributed by atoms with van der Waals surface area (Å²) in [4.78, 5) is 4.62. The lowest BCUT2D eigenvalue weighted by atomic mass is 10.0. The summed E-state index contributed by atoms with van der Waals surface area (Å²) in [7, 11) is 0. The Labute approximate surface area is 114 Å². The average molecular weight is 311 g/mol. The number of benzene rings is 1. The van der Waals surface area contributed by atoms with Crippen molar-refractivity contribution in [3.8, 4) is 11.3 Å². The van der Waals surface area contributed by atoms with Crippen LogP contribution in [-0.2, 0) is 6.42 Å². The van der Waals surface area contributed by atoms with E-state index in [0.29, 0.717) is 0 Å². The van der Waals surface area contributed by atoms with E-state index in [1.807, 2.05) is 26.0 Å². The summed E-state index contributed by atoms with van der Waals surface area (Å²) in [6, 6.07) is 8.18. The van der Waals surface area contributed by atoms with Crippen LogP contribution in [0.3, 0.4) is 0 Å². The van der Waals surface area contributed by atoms with Crippen LogP contribution in [0.1, 0.15) is 18.9 Å². The van der Waals surface area contributed by atoms with Gasteiger partial charge in [-0.05, 0) is 26.0 Å². The van der Waals surface area contributed by atoms with Crippen LogP contribution in [0.4, 0.5) is 0 Å². The lowest BCUT2D eigenvalue weighted by Gasteiger charge is -2.15. The van der Waals surface area contributed by atoms with Crippen LogP contribution in [0.2, 0.25) is 0 Å². The van der Waals surface area contributed by atoms with Gasteiger partial charge in [-0.1, -0.05) is 28.1 Å². The number of rotatable bonds is 3. The third-order valence-electron chi connectivity index (χ3n) is 2.28. The van der Waals surface area contributed by atoms with E-state index in [1.54, 1.807) is 11.3 Å². The summed E-state index contributed by atoms with van der Waals surface area (Å²) < 4.78 is 1.07. The molecule has 1 aromatic carbocycles. The average Bonchev–Trinajstić information content (AvgIpc) is 2.63. The van der Waals surface area contributed by atoms with E-state index in [4.69, 9.17) is 5.73 Å². The number of hydrogen-bond acceptors (Lipinski definition) is 3. The van der Waals surface area contributed by atoms with E-state index < -0.39 is 0 Å². The van der Waals surface area contributed by atoms with Gasteiger partial charge in [0.1, 0.15) is 0 Å². The number of nitrogens with two attached hydrogens (primary N) is 1. The molecule has 0 aliphatic heterocycles. The SMILES string of the molecule is CC(C)(N)Cc1nc(-c2cccc(Br)c2)cs1. The molecular weight excluding hydrogens is 296 g/mol. The molecule has 0 aliphatic rings. The summed E-state index contributed by atoms with van der Waals surface area (Å²) >= 11 is 5.14. The Morgan fingerprint density at radius 3 is 2.82 bits per heavy atom. The standard InChI is InChI=1S/C13H15BrN2S/c1-13(2,15)7-12-16-11(8-17-12)9-4-3-5-10(14)6-9/h3-6,8H,7,15H2,1-2H3. The van der Waals surface area contributed by atoms with E-state index >= 15 is 0 Å². The van der Waals surface area contributed by atoms with Gasteiger partial charge in [-0.3, -0.25) is 0 Å². The molecule has 2 aromatic rings. The van der Waals surface area contributed by atoms with Crippen LogP contribution in [0.5, 0.6) is 0 Å².